The number of carboxylic acid groups (broad SMARTS) is 1. The van der Waals surface area contributed by atoms with Crippen molar-refractivity contribution in [3.05, 3.63) is 49.7 Å². The number of nitrogens with zero attached hydrogens (tertiary/aromatic N) is 1. The highest BCUT2D eigenvalue weighted by Crippen LogP contribution is 2.30. The van der Waals surface area contributed by atoms with E-state index >= 15 is 0 Å². The molecule has 1 unspecified atom stereocenters. The summed E-state index contributed by atoms with van der Waals surface area (Å²) in [7, 11) is 0. The van der Waals surface area contributed by atoms with E-state index in [2.05, 4.69) is 0 Å². The van der Waals surface area contributed by atoms with Gasteiger partial charge in [0, 0.05) is 21.5 Å². The summed E-state index contributed by atoms with van der Waals surface area (Å²) in [6, 6.07) is 7.47. The maximum absolute atomic E-state index is 12.1. The summed E-state index contributed by atoms with van der Waals surface area (Å²) in [6.07, 6.45) is 0. The standard InChI is InChI=1S/C13H10ClNO3S2/c1-7(12(17)18)15-11(16)6-10(20-13(15)19)8-4-2-3-5-9(8)14/h2-7H,1H3,(H,17,18). The quantitative estimate of drug-likeness (QED) is 0.875. The lowest BCUT2D eigenvalue weighted by molar-refractivity contribution is -0.140. The minimum atomic E-state index is -1.10. The van der Waals surface area contributed by atoms with Crippen molar-refractivity contribution in [3.63, 3.8) is 0 Å². The fourth-order valence-electron chi connectivity index (χ4n) is 1.70. The second-order valence-corrected chi connectivity index (χ2v) is 6.16. The molecule has 104 valence electrons. The third-order valence-corrected chi connectivity index (χ3v) is 4.48. The molecule has 20 heavy (non-hydrogen) atoms. The number of rotatable bonds is 3. The van der Waals surface area contributed by atoms with E-state index in [9.17, 15) is 9.59 Å². The first-order chi connectivity index (χ1) is 9.41. The first-order valence-corrected chi connectivity index (χ1v) is 7.26. The van der Waals surface area contributed by atoms with Crippen molar-refractivity contribution in [1.29, 1.82) is 0 Å². The third kappa shape index (κ3) is 2.82. The molecule has 0 bridgehead atoms. The lowest BCUT2D eigenvalue weighted by Crippen LogP contribution is -2.27. The number of hydrogen-bond donors (Lipinski definition) is 1. The zero-order chi connectivity index (χ0) is 14.9. The molecule has 0 saturated heterocycles. The minimum Gasteiger partial charge on any atom is -0.480 e. The van der Waals surface area contributed by atoms with Crippen molar-refractivity contribution in [2.45, 2.75) is 13.0 Å². The number of carboxylic acids is 1. The molecule has 0 aliphatic rings. The van der Waals surface area contributed by atoms with Gasteiger partial charge < -0.3 is 5.11 Å². The Hall–Kier alpha value is -1.50. The first kappa shape index (κ1) is 14.9. The molecule has 1 heterocycles. The van der Waals surface area contributed by atoms with Crippen LogP contribution in [-0.4, -0.2) is 15.6 Å². The van der Waals surface area contributed by atoms with Crippen LogP contribution in [0.2, 0.25) is 5.02 Å². The van der Waals surface area contributed by atoms with Gasteiger partial charge in [0.05, 0.1) is 0 Å². The van der Waals surface area contributed by atoms with E-state index in [0.717, 1.165) is 15.9 Å². The van der Waals surface area contributed by atoms with Crippen LogP contribution in [0.15, 0.2) is 35.1 Å². The van der Waals surface area contributed by atoms with E-state index in [1.807, 2.05) is 6.07 Å². The Balaban J connectivity index is 2.63. The SMILES string of the molecule is CC(C(=O)O)n1c(=O)cc(-c2ccccc2Cl)sc1=S. The molecule has 2 aromatic rings. The van der Waals surface area contributed by atoms with Crippen LogP contribution in [0.25, 0.3) is 10.4 Å². The maximum Gasteiger partial charge on any atom is 0.326 e. The fourth-order valence-corrected chi connectivity index (χ4v) is 3.49. The zero-order valence-corrected chi connectivity index (χ0v) is 12.8. The molecule has 7 heteroatoms. The molecule has 0 amide bonds. The van der Waals surface area contributed by atoms with Crippen LogP contribution in [0.4, 0.5) is 0 Å². The molecule has 1 aromatic heterocycles. The van der Waals surface area contributed by atoms with Gasteiger partial charge in [0.15, 0.2) is 3.95 Å². The van der Waals surface area contributed by atoms with Crippen LogP contribution < -0.4 is 5.56 Å². The molecule has 1 atom stereocenters. The van der Waals surface area contributed by atoms with Crippen LogP contribution >= 0.6 is 35.2 Å². The summed E-state index contributed by atoms with van der Waals surface area (Å²) in [5, 5.41) is 9.51. The van der Waals surface area contributed by atoms with Gasteiger partial charge in [-0.25, -0.2) is 4.79 Å². The van der Waals surface area contributed by atoms with Gasteiger partial charge in [-0.15, -0.1) is 11.3 Å². The van der Waals surface area contributed by atoms with E-state index < -0.39 is 17.6 Å². The predicted octanol–water partition coefficient (Wildman–Crippen LogP) is 3.61. The second-order valence-electron chi connectivity index (χ2n) is 4.08. The molecule has 0 spiro atoms. The van der Waals surface area contributed by atoms with E-state index in [0.29, 0.717) is 15.5 Å². The Bertz CT molecular complexity index is 750. The van der Waals surface area contributed by atoms with Gasteiger partial charge >= 0.3 is 5.97 Å². The van der Waals surface area contributed by atoms with E-state index in [1.165, 1.54) is 13.0 Å². The zero-order valence-electron chi connectivity index (χ0n) is 10.4. The molecule has 0 radical (unpaired) electrons. The van der Waals surface area contributed by atoms with Gasteiger partial charge in [0.2, 0.25) is 0 Å². The number of aromatic nitrogens is 1. The Morgan fingerprint density at radius 1 is 1.45 bits per heavy atom. The maximum atomic E-state index is 12.1. The highest BCUT2D eigenvalue weighted by atomic mass is 35.5. The minimum absolute atomic E-state index is 0.210. The van der Waals surface area contributed by atoms with E-state index in [4.69, 9.17) is 28.9 Å². The van der Waals surface area contributed by atoms with Crippen LogP contribution in [0.3, 0.4) is 0 Å². The molecule has 0 fully saturated rings. The van der Waals surface area contributed by atoms with Crippen molar-refractivity contribution in [2.75, 3.05) is 0 Å². The largest absolute Gasteiger partial charge is 0.480 e. The highest BCUT2D eigenvalue weighted by Gasteiger charge is 2.17. The van der Waals surface area contributed by atoms with Crippen LogP contribution in [0, 0.1) is 3.95 Å². The average Bonchev–Trinajstić information content (AvgIpc) is 2.38. The Kier molecular flexibility index (Phi) is 4.37. The lowest BCUT2D eigenvalue weighted by atomic mass is 10.2. The summed E-state index contributed by atoms with van der Waals surface area (Å²) in [4.78, 5) is 23.7. The van der Waals surface area contributed by atoms with Crippen LogP contribution in [0.5, 0.6) is 0 Å². The molecule has 4 nitrogen and oxygen atoms in total. The normalized spacial score (nSPS) is 12.1. The van der Waals surface area contributed by atoms with Gasteiger partial charge in [-0.3, -0.25) is 9.36 Å². The van der Waals surface area contributed by atoms with Gasteiger partial charge in [0.1, 0.15) is 6.04 Å². The summed E-state index contributed by atoms with van der Waals surface area (Å²) in [5.74, 6) is -1.10. The first-order valence-electron chi connectivity index (χ1n) is 5.66. The van der Waals surface area contributed by atoms with E-state index in [1.54, 1.807) is 18.2 Å². The van der Waals surface area contributed by atoms with Crippen molar-refractivity contribution in [3.8, 4) is 10.4 Å². The van der Waals surface area contributed by atoms with Crippen LogP contribution in [-0.2, 0) is 4.79 Å². The molecule has 0 aliphatic carbocycles. The van der Waals surface area contributed by atoms with E-state index in [-0.39, 0.29) is 3.95 Å². The molecule has 1 N–H and O–H groups in total. The Morgan fingerprint density at radius 2 is 2.10 bits per heavy atom. The third-order valence-electron chi connectivity index (χ3n) is 2.77. The summed E-state index contributed by atoms with van der Waals surface area (Å²) < 4.78 is 1.30. The number of halogens is 1. The van der Waals surface area contributed by atoms with Gasteiger partial charge in [-0.05, 0) is 25.2 Å². The Morgan fingerprint density at radius 3 is 2.65 bits per heavy atom. The summed E-state index contributed by atoms with van der Waals surface area (Å²) in [6.45, 7) is 1.42. The second kappa shape index (κ2) is 5.87. The number of carbonyl (C=O) groups is 1. The van der Waals surface area contributed by atoms with Crippen molar-refractivity contribution >= 4 is 41.1 Å². The molecular weight excluding hydrogens is 318 g/mol. The molecule has 1 aromatic carbocycles. The van der Waals surface area contributed by atoms with Crippen molar-refractivity contribution < 1.29 is 9.90 Å². The Labute approximate surface area is 128 Å². The van der Waals surface area contributed by atoms with Crippen LogP contribution in [0.1, 0.15) is 13.0 Å². The molecule has 2 rings (SSSR count). The monoisotopic (exact) mass is 327 g/mol. The number of aliphatic carboxylic acids is 1. The number of benzene rings is 1. The molecular formula is C13H10ClNO3S2. The molecule has 0 saturated carbocycles. The molecule has 0 aliphatic heterocycles. The average molecular weight is 328 g/mol. The smallest absolute Gasteiger partial charge is 0.326 e. The summed E-state index contributed by atoms with van der Waals surface area (Å²) >= 11 is 12.4. The van der Waals surface area contributed by atoms with Crippen molar-refractivity contribution in [1.82, 2.24) is 4.57 Å². The predicted molar refractivity (Wildman–Crippen MR) is 82.2 cm³/mol. The van der Waals surface area contributed by atoms with Crippen molar-refractivity contribution in [2.24, 2.45) is 0 Å². The number of hydrogen-bond acceptors (Lipinski definition) is 4. The van der Waals surface area contributed by atoms with Gasteiger partial charge in [-0.2, -0.15) is 0 Å². The topological polar surface area (TPSA) is 59.3 Å². The highest BCUT2D eigenvalue weighted by molar-refractivity contribution is 7.73. The fraction of sp³-hybridized carbons (Fsp3) is 0.154. The van der Waals surface area contributed by atoms with Gasteiger partial charge in [-0.1, -0.05) is 29.8 Å². The summed E-state index contributed by atoms with van der Waals surface area (Å²) in [5.41, 5.74) is 0.260. The lowest BCUT2D eigenvalue weighted by Gasteiger charge is -2.11. The van der Waals surface area contributed by atoms with Gasteiger partial charge in [0.25, 0.3) is 5.56 Å².